The van der Waals surface area contributed by atoms with Crippen molar-refractivity contribution in [2.24, 2.45) is 5.92 Å². The number of unbranched alkanes of at least 4 members (excludes halogenated alkanes) is 3. The Balaban J connectivity index is 0.000000294. The molecular weight excluding hydrogens is 665 g/mol. The van der Waals surface area contributed by atoms with E-state index in [4.69, 9.17) is 19.3 Å². The number of aliphatic carboxylic acids is 1. The number of hydrogen-bond donors (Lipinski definition) is 1. The maximum atomic E-state index is 12.7. The first-order valence-electron chi connectivity index (χ1n) is 19.5. The molecule has 4 rings (SSSR count). The molecule has 1 aromatic carbocycles. The van der Waals surface area contributed by atoms with E-state index in [0.717, 1.165) is 63.0 Å². The summed E-state index contributed by atoms with van der Waals surface area (Å²) < 4.78 is 54.6. The highest BCUT2D eigenvalue weighted by molar-refractivity contribution is 5.66. The van der Waals surface area contributed by atoms with Crippen molar-refractivity contribution in [2.75, 3.05) is 6.61 Å². The Bertz CT molecular complexity index is 1300. The zero-order valence-electron chi connectivity index (χ0n) is 31.1. The van der Waals surface area contributed by atoms with Gasteiger partial charge in [0.2, 0.25) is 0 Å². The van der Waals surface area contributed by atoms with E-state index < -0.39 is 17.7 Å². The first kappa shape index (κ1) is 43.0. The number of carboxylic acids is 1. The summed E-state index contributed by atoms with van der Waals surface area (Å²) in [7, 11) is 0. The third-order valence-corrected chi connectivity index (χ3v) is 9.28. The van der Waals surface area contributed by atoms with Gasteiger partial charge in [-0.05, 0) is 94.7 Å². The molecule has 1 aliphatic carbocycles. The number of benzene rings is 1. The molecule has 1 aromatic rings. The third-order valence-electron chi connectivity index (χ3n) is 9.28. The highest BCUT2D eigenvalue weighted by Gasteiger charge is 2.36. The molecule has 0 amide bonds. The first-order chi connectivity index (χ1) is 25.3. The summed E-state index contributed by atoms with van der Waals surface area (Å²) in [6.07, 6.45) is 41.1. The third kappa shape index (κ3) is 20.6. The van der Waals surface area contributed by atoms with E-state index in [9.17, 15) is 18.0 Å². The van der Waals surface area contributed by atoms with Crippen molar-refractivity contribution in [3.63, 3.8) is 0 Å². The summed E-state index contributed by atoms with van der Waals surface area (Å²) in [5.41, 5.74) is -0.722. The minimum Gasteiger partial charge on any atom is -0.490 e. The first-order valence-corrected chi connectivity index (χ1v) is 19.5. The summed E-state index contributed by atoms with van der Waals surface area (Å²) in [4.78, 5) is 10.4. The quantitative estimate of drug-likeness (QED) is 0.0690. The van der Waals surface area contributed by atoms with Crippen LogP contribution in [0.5, 0.6) is 5.75 Å². The van der Waals surface area contributed by atoms with Gasteiger partial charge in [-0.25, -0.2) is 0 Å². The molecule has 5 nitrogen and oxygen atoms in total. The van der Waals surface area contributed by atoms with Gasteiger partial charge in [0.15, 0.2) is 0 Å². The number of ether oxygens (including phenoxy) is 3. The van der Waals surface area contributed by atoms with E-state index in [1.54, 1.807) is 6.08 Å². The lowest BCUT2D eigenvalue weighted by Gasteiger charge is -2.17. The molecule has 0 spiro atoms. The lowest BCUT2D eigenvalue weighted by Crippen LogP contribution is -2.05. The molecule has 2 heterocycles. The maximum Gasteiger partial charge on any atom is 0.416 e. The van der Waals surface area contributed by atoms with Gasteiger partial charge >= 0.3 is 12.1 Å². The van der Waals surface area contributed by atoms with Crippen molar-refractivity contribution >= 4 is 5.97 Å². The molecule has 4 atom stereocenters. The molecule has 2 aliphatic heterocycles. The summed E-state index contributed by atoms with van der Waals surface area (Å²) in [5.74, 6) is 0.279. The molecule has 3 fully saturated rings. The Morgan fingerprint density at radius 3 is 1.90 bits per heavy atom. The predicted octanol–water partition coefficient (Wildman–Crippen LogP) is 12.3. The second-order valence-corrected chi connectivity index (χ2v) is 13.8. The number of epoxide rings is 2. The Morgan fingerprint density at radius 1 is 0.769 bits per heavy atom. The van der Waals surface area contributed by atoms with Crippen LogP contribution < -0.4 is 4.74 Å². The van der Waals surface area contributed by atoms with Crippen molar-refractivity contribution in [1.82, 2.24) is 0 Å². The minimum atomic E-state index is -4.37. The van der Waals surface area contributed by atoms with E-state index in [0.29, 0.717) is 18.6 Å². The van der Waals surface area contributed by atoms with Gasteiger partial charge in [0.1, 0.15) is 12.4 Å². The fourth-order valence-electron chi connectivity index (χ4n) is 6.06. The largest absolute Gasteiger partial charge is 0.490 e. The standard InChI is InChI=1S/C23H27F3O4.C21H34O/c24-23(25,26)18-11-10-12-19(17-18)29-16-9-8-14-21-20(30-21)13-6-4-2-1-3-5-7-15-22(27)28;1-2-3-4-5-6-7-8-12-17-20-21(22-20)18-13-16-19-14-10-9-11-15-19/h1,3-4,6,8-12,17,20-21H,2,5,7,13-16H2,(H,27,28);5-6,8,12-13,16,19-21H,2-4,7,9-11,14-15,17-18H2,1H3/b3-1-,6-4-,9-8-;6-5-,12-8-,16-13-/t2*20-,21+/m11/s1. The topological polar surface area (TPSA) is 71.6 Å². The number of carboxylic acid groups (broad SMARTS) is 1. The Hall–Kier alpha value is -3.36. The monoisotopic (exact) mass is 726 g/mol. The second kappa shape index (κ2) is 25.6. The number of rotatable bonds is 23. The predicted molar refractivity (Wildman–Crippen MR) is 204 cm³/mol. The fraction of sp³-hybridized carbons (Fsp3) is 0.568. The van der Waals surface area contributed by atoms with Crippen molar-refractivity contribution in [3.05, 3.63) is 103 Å². The number of hydrogen-bond acceptors (Lipinski definition) is 4. The summed E-state index contributed by atoms with van der Waals surface area (Å²) in [6.45, 7) is 2.45. The van der Waals surface area contributed by atoms with Gasteiger partial charge in [0, 0.05) is 6.42 Å². The zero-order chi connectivity index (χ0) is 37.3. The van der Waals surface area contributed by atoms with Crippen LogP contribution in [0.3, 0.4) is 0 Å². The van der Waals surface area contributed by atoms with Crippen LogP contribution in [-0.2, 0) is 20.4 Å². The Labute approximate surface area is 310 Å². The highest BCUT2D eigenvalue weighted by atomic mass is 19.4. The summed E-state index contributed by atoms with van der Waals surface area (Å²) >= 11 is 0. The summed E-state index contributed by atoms with van der Waals surface area (Å²) in [6, 6.07) is 4.83. The molecule has 0 unspecified atom stereocenters. The number of carbonyl (C=O) groups is 1. The number of allylic oxidation sites excluding steroid dienone is 7. The van der Waals surface area contributed by atoms with Crippen LogP contribution in [0, 0.1) is 5.92 Å². The van der Waals surface area contributed by atoms with Gasteiger partial charge in [-0.3, -0.25) is 4.79 Å². The molecular formula is C44H61F3O5. The van der Waals surface area contributed by atoms with Crippen LogP contribution in [0.4, 0.5) is 13.2 Å². The van der Waals surface area contributed by atoms with Crippen LogP contribution in [0.15, 0.2) is 97.2 Å². The Kier molecular flexibility index (Phi) is 21.2. The number of halogens is 3. The van der Waals surface area contributed by atoms with Crippen LogP contribution in [0.25, 0.3) is 0 Å². The van der Waals surface area contributed by atoms with Crippen molar-refractivity contribution < 1.29 is 37.3 Å². The van der Waals surface area contributed by atoms with Crippen LogP contribution >= 0.6 is 0 Å². The fourth-order valence-corrected chi connectivity index (χ4v) is 6.06. The molecule has 0 bridgehead atoms. The van der Waals surface area contributed by atoms with Gasteiger partial charge in [0.25, 0.3) is 0 Å². The lowest BCUT2D eigenvalue weighted by molar-refractivity contribution is -0.138. The van der Waals surface area contributed by atoms with E-state index in [1.807, 2.05) is 18.2 Å². The van der Waals surface area contributed by atoms with Crippen LogP contribution in [0.2, 0.25) is 0 Å². The zero-order valence-corrected chi connectivity index (χ0v) is 31.1. The smallest absolute Gasteiger partial charge is 0.416 e. The van der Waals surface area contributed by atoms with E-state index >= 15 is 0 Å². The van der Waals surface area contributed by atoms with E-state index in [-0.39, 0.29) is 31.0 Å². The normalized spacial score (nSPS) is 22.3. The summed E-state index contributed by atoms with van der Waals surface area (Å²) in [5, 5.41) is 8.54. The minimum absolute atomic E-state index is 0.172. The molecule has 2 saturated heterocycles. The molecule has 0 radical (unpaired) electrons. The van der Waals surface area contributed by atoms with Gasteiger partial charge < -0.3 is 19.3 Å². The van der Waals surface area contributed by atoms with Crippen LogP contribution in [-0.4, -0.2) is 42.1 Å². The van der Waals surface area contributed by atoms with Crippen LogP contribution in [0.1, 0.15) is 122 Å². The van der Waals surface area contributed by atoms with Crippen molar-refractivity contribution in [3.8, 4) is 5.75 Å². The average Bonchev–Trinajstić information content (AvgIpc) is 4.06. The van der Waals surface area contributed by atoms with E-state index in [1.165, 1.54) is 63.5 Å². The van der Waals surface area contributed by atoms with Gasteiger partial charge in [-0.2, -0.15) is 13.2 Å². The van der Waals surface area contributed by atoms with E-state index in [2.05, 4.69) is 55.5 Å². The molecule has 1 saturated carbocycles. The lowest BCUT2D eigenvalue weighted by atomic mass is 9.89. The SMILES string of the molecule is CCCC/C=C\C/C=C\C[C@H]1O[C@H]1C/C=C\C1CCCCC1.O=C(O)CCC/C=C\C/C=C\C[C@H]1O[C@H]1C/C=C\COc1cccc(C(F)(F)F)c1. The average molecular weight is 727 g/mol. The van der Waals surface area contributed by atoms with Gasteiger partial charge in [0.05, 0.1) is 30.0 Å². The molecule has 288 valence electrons. The molecule has 8 heteroatoms. The Morgan fingerprint density at radius 2 is 1.33 bits per heavy atom. The van der Waals surface area contributed by atoms with Gasteiger partial charge in [-0.1, -0.05) is 118 Å². The van der Waals surface area contributed by atoms with Crippen molar-refractivity contribution in [1.29, 1.82) is 0 Å². The molecule has 52 heavy (non-hydrogen) atoms. The molecule has 1 N–H and O–H groups in total. The van der Waals surface area contributed by atoms with Crippen molar-refractivity contribution in [2.45, 2.75) is 147 Å². The molecule has 3 aliphatic rings. The highest BCUT2D eigenvalue weighted by Crippen LogP contribution is 2.32. The maximum absolute atomic E-state index is 12.7. The number of alkyl halides is 3. The van der Waals surface area contributed by atoms with Gasteiger partial charge in [-0.15, -0.1) is 0 Å². The second-order valence-electron chi connectivity index (χ2n) is 13.8. The molecule has 0 aromatic heterocycles.